The second kappa shape index (κ2) is 3.41. The van der Waals surface area contributed by atoms with Crippen LogP contribution in [0.3, 0.4) is 0 Å². The molecule has 2 aliphatic rings. The maximum atomic E-state index is 5.46. The second-order valence-electron chi connectivity index (χ2n) is 3.33. The number of nitrogens with two attached hydrogens (primary N) is 1. The molecule has 74 valence electrons. The summed E-state index contributed by atoms with van der Waals surface area (Å²) in [7, 11) is 2.12. The van der Waals surface area contributed by atoms with Crippen LogP contribution in [0.1, 0.15) is 0 Å². The molecule has 0 radical (unpaired) electrons. The first kappa shape index (κ1) is 8.61. The molecule has 1 fully saturated rings. The molecule has 0 saturated carbocycles. The summed E-state index contributed by atoms with van der Waals surface area (Å²) >= 11 is 0. The first-order chi connectivity index (χ1) is 6.25. The lowest BCUT2D eigenvalue weighted by Gasteiger charge is -2.36. The Morgan fingerprint density at radius 1 is 1.38 bits per heavy atom. The highest BCUT2D eigenvalue weighted by molar-refractivity contribution is 4.88. The lowest BCUT2D eigenvalue weighted by atomic mass is 10.4. The lowest BCUT2D eigenvalue weighted by Crippen LogP contribution is -2.53. The van der Waals surface area contributed by atoms with Crippen LogP contribution in [0.5, 0.6) is 0 Å². The SMILES string of the molecule is CN1CCN(N2C=C(N)ON2)CC1. The smallest absolute Gasteiger partial charge is 0.231 e. The van der Waals surface area contributed by atoms with Crippen molar-refractivity contribution in [1.29, 1.82) is 0 Å². The van der Waals surface area contributed by atoms with E-state index in [-0.39, 0.29) is 0 Å². The molecule has 0 spiro atoms. The Morgan fingerprint density at radius 3 is 2.62 bits per heavy atom. The normalized spacial score (nSPS) is 25.9. The molecule has 1 saturated heterocycles. The van der Waals surface area contributed by atoms with Crippen molar-refractivity contribution in [3.63, 3.8) is 0 Å². The molecule has 13 heavy (non-hydrogen) atoms. The highest BCUT2D eigenvalue weighted by atomic mass is 16.7. The molecule has 0 aromatic heterocycles. The van der Waals surface area contributed by atoms with Gasteiger partial charge in [-0.05, 0) is 12.6 Å². The van der Waals surface area contributed by atoms with E-state index in [0.717, 1.165) is 26.2 Å². The van der Waals surface area contributed by atoms with Crippen LogP contribution in [0.2, 0.25) is 0 Å². The fourth-order valence-corrected chi connectivity index (χ4v) is 1.42. The van der Waals surface area contributed by atoms with Gasteiger partial charge in [-0.3, -0.25) is 0 Å². The average molecular weight is 185 g/mol. The fraction of sp³-hybridized carbons (Fsp3) is 0.714. The molecule has 6 heteroatoms. The molecular weight excluding hydrogens is 170 g/mol. The maximum absolute atomic E-state index is 5.46. The molecule has 0 unspecified atom stereocenters. The Balaban J connectivity index is 1.88. The minimum absolute atomic E-state index is 0.402. The van der Waals surface area contributed by atoms with Crippen molar-refractivity contribution in [2.45, 2.75) is 0 Å². The van der Waals surface area contributed by atoms with E-state index in [2.05, 4.69) is 22.5 Å². The molecule has 0 bridgehead atoms. The van der Waals surface area contributed by atoms with Crippen LogP contribution in [0, 0.1) is 0 Å². The van der Waals surface area contributed by atoms with E-state index in [4.69, 9.17) is 10.6 Å². The molecule has 2 heterocycles. The van der Waals surface area contributed by atoms with Gasteiger partial charge < -0.3 is 15.5 Å². The topological polar surface area (TPSA) is 57.0 Å². The van der Waals surface area contributed by atoms with Crippen LogP contribution in [0.15, 0.2) is 12.1 Å². The van der Waals surface area contributed by atoms with Crippen LogP contribution in [-0.2, 0) is 4.84 Å². The molecule has 0 aromatic carbocycles. The molecule has 0 aromatic rings. The Bertz CT molecular complexity index is 211. The Hall–Kier alpha value is -0.980. The summed E-state index contributed by atoms with van der Waals surface area (Å²) in [6.45, 7) is 4.09. The molecule has 0 atom stereocenters. The Labute approximate surface area is 77.4 Å². The summed E-state index contributed by atoms with van der Waals surface area (Å²) in [6, 6.07) is 0. The second-order valence-corrected chi connectivity index (χ2v) is 3.33. The number of hydrogen-bond acceptors (Lipinski definition) is 6. The Morgan fingerprint density at radius 2 is 2.08 bits per heavy atom. The molecule has 2 aliphatic heterocycles. The van der Waals surface area contributed by atoms with Gasteiger partial charge in [0.25, 0.3) is 0 Å². The van der Waals surface area contributed by atoms with Gasteiger partial charge in [0.1, 0.15) is 0 Å². The van der Waals surface area contributed by atoms with Gasteiger partial charge in [0.05, 0.1) is 6.20 Å². The number of likely N-dealkylation sites (N-methyl/N-ethyl adjacent to an activating group) is 1. The van der Waals surface area contributed by atoms with Crippen molar-refractivity contribution in [3.8, 4) is 0 Å². The summed E-state index contributed by atoms with van der Waals surface area (Å²) in [6.07, 6.45) is 1.74. The average Bonchev–Trinajstić information content (AvgIpc) is 2.53. The molecule has 0 amide bonds. The fourth-order valence-electron chi connectivity index (χ4n) is 1.42. The van der Waals surface area contributed by atoms with Crippen LogP contribution in [-0.4, -0.2) is 48.3 Å². The monoisotopic (exact) mass is 185 g/mol. The number of nitrogens with zero attached hydrogens (tertiary/aromatic N) is 3. The van der Waals surface area contributed by atoms with E-state index in [1.807, 2.05) is 0 Å². The maximum Gasteiger partial charge on any atom is 0.231 e. The van der Waals surface area contributed by atoms with E-state index in [1.165, 1.54) is 0 Å². The van der Waals surface area contributed by atoms with Crippen molar-refractivity contribution in [3.05, 3.63) is 12.1 Å². The third-order valence-corrected chi connectivity index (χ3v) is 2.29. The van der Waals surface area contributed by atoms with Crippen LogP contribution < -0.4 is 11.3 Å². The third-order valence-electron chi connectivity index (χ3n) is 2.29. The predicted octanol–water partition coefficient (Wildman–Crippen LogP) is -1.34. The number of piperazine rings is 1. The van der Waals surface area contributed by atoms with Crippen molar-refractivity contribution in [2.24, 2.45) is 5.73 Å². The van der Waals surface area contributed by atoms with Gasteiger partial charge in [0.2, 0.25) is 5.88 Å². The van der Waals surface area contributed by atoms with Crippen LogP contribution >= 0.6 is 0 Å². The number of hydrogen-bond donors (Lipinski definition) is 2. The quantitative estimate of drug-likeness (QED) is 0.527. The first-order valence-electron chi connectivity index (χ1n) is 4.38. The zero-order valence-corrected chi connectivity index (χ0v) is 7.73. The predicted molar refractivity (Wildman–Crippen MR) is 47.4 cm³/mol. The molecule has 3 N–H and O–H groups in total. The van der Waals surface area contributed by atoms with Gasteiger partial charge >= 0.3 is 0 Å². The highest BCUT2D eigenvalue weighted by Gasteiger charge is 2.22. The first-order valence-corrected chi connectivity index (χ1v) is 4.38. The number of nitrogens with one attached hydrogen (secondary N) is 1. The minimum atomic E-state index is 0.402. The van der Waals surface area contributed by atoms with Gasteiger partial charge in [-0.15, -0.1) is 0 Å². The van der Waals surface area contributed by atoms with Gasteiger partial charge in [0.15, 0.2) is 0 Å². The summed E-state index contributed by atoms with van der Waals surface area (Å²) < 4.78 is 0. The largest absolute Gasteiger partial charge is 0.368 e. The van der Waals surface area contributed by atoms with E-state index in [9.17, 15) is 0 Å². The van der Waals surface area contributed by atoms with E-state index >= 15 is 0 Å². The van der Waals surface area contributed by atoms with Gasteiger partial charge in [-0.1, -0.05) is 0 Å². The molecule has 2 rings (SSSR count). The summed E-state index contributed by atoms with van der Waals surface area (Å²) in [5, 5.41) is 3.95. The van der Waals surface area contributed by atoms with Crippen LogP contribution in [0.4, 0.5) is 0 Å². The number of hydrazine groups is 2. The zero-order chi connectivity index (χ0) is 9.26. The standard InChI is InChI=1S/C7H15N5O/c1-10-2-4-11(5-3-10)12-6-7(8)13-9-12/h6,9H,2-5,8H2,1H3. The minimum Gasteiger partial charge on any atom is -0.368 e. The Kier molecular flexibility index (Phi) is 2.26. The van der Waals surface area contributed by atoms with Gasteiger partial charge in [-0.2, -0.15) is 0 Å². The van der Waals surface area contributed by atoms with Crippen LogP contribution in [0.25, 0.3) is 0 Å². The van der Waals surface area contributed by atoms with E-state index in [1.54, 1.807) is 11.3 Å². The number of rotatable bonds is 1. The van der Waals surface area contributed by atoms with Crippen molar-refractivity contribution in [2.75, 3.05) is 33.2 Å². The van der Waals surface area contributed by atoms with Gasteiger partial charge in [-0.25, -0.2) is 10.1 Å². The van der Waals surface area contributed by atoms with E-state index in [0.29, 0.717) is 5.88 Å². The molecule has 0 aliphatic carbocycles. The van der Waals surface area contributed by atoms with Gasteiger partial charge in [0, 0.05) is 26.2 Å². The van der Waals surface area contributed by atoms with Crippen molar-refractivity contribution in [1.82, 2.24) is 20.6 Å². The molecular formula is C7H15N5O. The van der Waals surface area contributed by atoms with E-state index < -0.39 is 0 Å². The third kappa shape index (κ3) is 1.85. The molecule has 6 nitrogen and oxygen atoms in total. The lowest BCUT2D eigenvalue weighted by molar-refractivity contribution is -0.121. The summed E-state index contributed by atoms with van der Waals surface area (Å²) in [5.41, 5.74) is 8.17. The summed E-state index contributed by atoms with van der Waals surface area (Å²) in [4.78, 5) is 7.20. The summed E-state index contributed by atoms with van der Waals surface area (Å²) in [5.74, 6) is 0.402. The van der Waals surface area contributed by atoms with Crippen molar-refractivity contribution >= 4 is 0 Å². The highest BCUT2D eigenvalue weighted by Crippen LogP contribution is 2.07. The zero-order valence-electron chi connectivity index (χ0n) is 7.73. The van der Waals surface area contributed by atoms with Crippen molar-refractivity contribution < 1.29 is 4.84 Å².